The molecular formula is C10H9FN2O3. The summed E-state index contributed by atoms with van der Waals surface area (Å²) < 4.78 is 22.7. The number of nitrogens with zero attached hydrogens (tertiary/aromatic N) is 1. The van der Waals surface area contributed by atoms with Crippen LogP contribution in [0.1, 0.15) is 0 Å². The second kappa shape index (κ2) is 3.73. The Morgan fingerprint density at radius 3 is 2.75 bits per heavy atom. The summed E-state index contributed by atoms with van der Waals surface area (Å²) in [5.74, 6) is -0.655. The summed E-state index contributed by atoms with van der Waals surface area (Å²) in [6.07, 6.45) is 0. The molecule has 0 unspecified atom stereocenters. The van der Waals surface area contributed by atoms with Crippen molar-refractivity contribution in [1.82, 2.24) is 5.16 Å². The van der Waals surface area contributed by atoms with Gasteiger partial charge >= 0.3 is 0 Å². The van der Waals surface area contributed by atoms with Gasteiger partial charge in [0.05, 0.1) is 12.7 Å². The van der Waals surface area contributed by atoms with Crippen LogP contribution in [0.5, 0.6) is 11.5 Å². The Morgan fingerprint density at radius 2 is 2.19 bits per heavy atom. The van der Waals surface area contributed by atoms with Crippen molar-refractivity contribution in [2.75, 3.05) is 12.8 Å². The molecule has 0 fully saturated rings. The molecule has 0 aliphatic carbocycles. The highest BCUT2D eigenvalue weighted by atomic mass is 19.1. The van der Waals surface area contributed by atoms with E-state index in [4.69, 9.17) is 10.5 Å². The predicted octanol–water partition coefficient (Wildman–Crippen LogP) is 1.78. The van der Waals surface area contributed by atoms with E-state index in [0.717, 1.165) is 12.1 Å². The van der Waals surface area contributed by atoms with E-state index >= 15 is 0 Å². The molecule has 2 rings (SSSR count). The Bertz CT molecular complexity index is 525. The van der Waals surface area contributed by atoms with Gasteiger partial charge in [-0.05, 0) is 6.07 Å². The van der Waals surface area contributed by atoms with Crippen LogP contribution in [0.3, 0.4) is 0 Å². The van der Waals surface area contributed by atoms with Crippen molar-refractivity contribution in [2.24, 2.45) is 0 Å². The highest BCUT2D eigenvalue weighted by Gasteiger charge is 2.15. The monoisotopic (exact) mass is 224 g/mol. The Kier molecular flexibility index (Phi) is 2.40. The van der Waals surface area contributed by atoms with Gasteiger partial charge in [0.15, 0.2) is 11.5 Å². The molecule has 0 amide bonds. The predicted molar refractivity (Wildman–Crippen MR) is 54.5 cm³/mol. The van der Waals surface area contributed by atoms with E-state index in [1.165, 1.54) is 13.2 Å². The van der Waals surface area contributed by atoms with Crippen LogP contribution >= 0.6 is 0 Å². The third kappa shape index (κ3) is 1.65. The van der Waals surface area contributed by atoms with Crippen molar-refractivity contribution in [3.05, 3.63) is 24.0 Å². The molecule has 0 spiro atoms. The average molecular weight is 224 g/mol. The maximum atomic E-state index is 13.2. The van der Waals surface area contributed by atoms with Crippen LogP contribution in [0.2, 0.25) is 0 Å². The van der Waals surface area contributed by atoms with Crippen molar-refractivity contribution in [3.8, 4) is 22.8 Å². The minimum absolute atomic E-state index is 0.0246. The van der Waals surface area contributed by atoms with Gasteiger partial charge in [0, 0.05) is 12.1 Å². The number of nitrogen functional groups attached to an aromatic ring is 1. The first-order valence-corrected chi connectivity index (χ1v) is 4.41. The third-order valence-corrected chi connectivity index (χ3v) is 2.06. The van der Waals surface area contributed by atoms with Crippen LogP contribution in [0, 0.1) is 5.82 Å². The lowest BCUT2D eigenvalue weighted by molar-refractivity contribution is 0.371. The number of phenolic OH excluding ortho intramolecular Hbond substituents is 1. The molecule has 6 heteroatoms. The summed E-state index contributed by atoms with van der Waals surface area (Å²) in [5.41, 5.74) is 5.75. The van der Waals surface area contributed by atoms with E-state index in [-0.39, 0.29) is 28.6 Å². The number of ether oxygens (including phenoxy) is 1. The SMILES string of the molecule is COc1cc(F)cc(-c2cc(N)on2)c1O. The fourth-order valence-corrected chi connectivity index (χ4v) is 1.34. The first-order chi connectivity index (χ1) is 7.61. The molecule has 5 nitrogen and oxygen atoms in total. The minimum atomic E-state index is -0.550. The second-order valence-electron chi connectivity index (χ2n) is 3.12. The molecule has 0 saturated heterocycles. The van der Waals surface area contributed by atoms with Crippen molar-refractivity contribution in [1.29, 1.82) is 0 Å². The largest absolute Gasteiger partial charge is 0.504 e. The summed E-state index contributed by atoms with van der Waals surface area (Å²) >= 11 is 0. The van der Waals surface area contributed by atoms with Crippen molar-refractivity contribution in [3.63, 3.8) is 0 Å². The normalized spacial score (nSPS) is 10.4. The Morgan fingerprint density at radius 1 is 1.44 bits per heavy atom. The molecule has 0 saturated carbocycles. The van der Waals surface area contributed by atoms with E-state index in [0.29, 0.717) is 0 Å². The molecule has 0 bridgehead atoms. The number of aromatic nitrogens is 1. The first-order valence-electron chi connectivity index (χ1n) is 4.41. The number of hydrogen-bond donors (Lipinski definition) is 2. The Hall–Kier alpha value is -2.24. The number of rotatable bonds is 2. The number of phenols is 1. The summed E-state index contributed by atoms with van der Waals surface area (Å²) in [6, 6.07) is 3.57. The second-order valence-corrected chi connectivity index (χ2v) is 3.12. The smallest absolute Gasteiger partial charge is 0.222 e. The molecule has 16 heavy (non-hydrogen) atoms. The summed E-state index contributed by atoms with van der Waals surface area (Å²) in [4.78, 5) is 0. The number of halogens is 1. The molecule has 2 aromatic rings. The molecular weight excluding hydrogens is 215 g/mol. The lowest BCUT2D eigenvalue weighted by atomic mass is 10.1. The van der Waals surface area contributed by atoms with Crippen molar-refractivity contribution in [2.45, 2.75) is 0 Å². The molecule has 0 radical (unpaired) electrons. The van der Waals surface area contributed by atoms with Crippen LogP contribution in [0.4, 0.5) is 10.3 Å². The number of nitrogens with two attached hydrogens (primary N) is 1. The van der Waals surface area contributed by atoms with Gasteiger partial charge in [-0.2, -0.15) is 0 Å². The summed E-state index contributed by atoms with van der Waals surface area (Å²) in [7, 11) is 1.33. The molecule has 0 aliphatic rings. The van der Waals surface area contributed by atoms with E-state index in [9.17, 15) is 9.50 Å². The van der Waals surface area contributed by atoms with Crippen LogP contribution < -0.4 is 10.5 Å². The van der Waals surface area contributed by atoms with Gasteiger partial charge in [-0.1, -0.05) is 5.16 Å². The zero-order valence-electron chi connectivity index (χ0n) is 8.40. The first kappa shape index (κ1) is 10.3. The molecule has 3 N–H and O–H groups in total. The molecule has 1 heterocycles. The maximum Gasteiger partial charge on any atom is 0.222 e. The number of aromatic hydroxyl groups is 1. The van der Waals surface area contributed by atoms with Crippen LogP contribution in [0.25, 0.3) is 11.3 Å². The van der Waals surface area contributed by atoms with Crippen LogP contribution in [-0.4, -0.2) is 17.4 Å². The number of benzene rings is 1. The quantitative estimate of drug-likeness (QED) is 0.812. The molecule has 1 aromatic heterocycles. The summed E-state index contributed by atoms with van der Waals surface area (Å²) in [6.45, 7) is 0. The third-order valence-electron chi connectivity index (χ3n) is 2.06. The van der Waals surface area contributed by atoms with E-state index in [2.05, 4.69) is 9.68 Å². The average Bonchev–Trinajstić information content (AvgIpc) is 2.67. The highest BCUT2D eigenvalue weighted by molar-refractivity contribution is 5.71. The minimum Gasteiger partial charge on any atom is -0.504 e. The zero-order chi connectivity index (χ0) is 11.7. The lowest BCUT2D eigenvalue weighted by Gasteiger charge is -2.06. The highest BCUT2D eigenvalue weighted by Crippen LogP contribution is 2.37. The zero-order valence-corrected chi connectivity index (χ0v) is 8.40. The van der Waals surface area contributed by atoms with E-state index in [1.807, 2.05) is 0 Å². The number of methoxy groups -OCH3 is 1. The van der Waals surface area contributed by atoms with Gasteiger partial charge in [-0.3, -0.25) is 0 Å². The Balaban J connectivity index is 2.60. The van der Waals surface area contributed by atoms with Gasteiger partial charge in [-0.25, -0.2) is 4.39 Å². The maximum absolute atomic E-state index is 13.2. The topological polar surface area (TPSA) is 81.5 Å². The lowest BCUT2D eigenvalue weighted by Crippen LogP contribution is -1.89. The van der Waals surface area contributed by atoms with Crippen molar-refractivity contribution >= 4 is 5.88 Å². The van der Waals surface area contributed by atoms with Crippen LogP contribution in [0.15, 0.2) is 22.7 Å². The van der Waals surface area contributed by atoms with Gasteiger partial charge < -0.3 is 20.1 Å². The standard InChI is InChI=1S/C10H9FN2O3/c1-15-8-3-5(11)2-6(10(8)14)7-4-9(12)16-13-7/h2-4,14H,12H2,1H3. The van der Waals surface area contributed by atoms with E-state index in [1.54, 1.807) is 0 Å². The summed E-state index contributed by atoms with van der Waals surface area (Å²) in [5, 5.41) is 13.3. The van der Waals surface area contributed by atoms with Crippen molar-refractivity contribution < 1.29 is 18.8 Å². The number of anilines is 1. The van der Waals surface area contributed by atoms with E-state index < -0.39 is 5.82 Å². The van der Waals surface area contributed by atoms with Gasteiger partial charge in [-0.15, -0.1) is 0 Å². The fourth-order valence-electron chi connectivity index (χ4n) is 1.34. The fraction of sp³-hybridized carbons (Fsp3) is 0.100. The molecule has 84 valence electrons. The van der Waals surface area contributed by atoms with Gasteiger partial charge in [0.25, 0.3) is 0 Å². The molecule has 0 atom stereocenters. The van der Waals surface area contributed by atoms with Crippen LogP contribution in [-0.2, 0) is 0 Å². The van der Waals surface area contributed by atoms with Gasteiger partial charge in [0.1, 0.15) is 11.5 Å². The molecule has 1 aromatic carbocycles. The Labute approximate surface area is 90.2 Å². The van der Waals surface area contributed by atoms with Gasteiger partial charge in [0.2, 0.25) is 5.88 Å². The molecule has 0 aliphatic heterocycles. The number of hydrogen-bond acceptors (Lipinski definition) is 5.